The van der Waals surface area contributed by atoms with Gasteiger partial charge in [0.05, 0.1) is 19.3 Å². The van der Waals surface area contributed by atoms with Gasteiger partial charge in [-0.3, -0.25) is 9.89 Å². The molecule has 1 aliphatic rings. The summed E-state index contributed by atoms with van der Waals surface area (Å²) in [4.78, 5) is 7.25. The molecule has 3 rings (SSSR count). The number of furan rings is 1. The first-order valence-corrected chi connectivity index (χ1v) is 9.99. The lowest BCUT2D eigenvalue weighted by Crippen LogP contribution is -2.41. The van der Waals surface area contributed by atoms with E-state index in [4.69, 9.17) is 14.1 Å². The molecule has 2 heterocycles. The molecule has 1 fully saturated rings. The van der Waals surface area contributed by atoms with Crippen LogP contribution >= 0.6 is 0 Å². The lowest BCUT2D eigenvalue weighted by molar-refractivity contribution is 0.0323. The normalized spacial score (nSPS) is 18.4. The van der Waals surface area contributed by atoms with E-state index in [9.17, 15) is 0 Å². The van der Waals surface area contributed by atoms with E-state index in [0.29, 0.717) is 5.92 Å². The van der Waals surface area contributed by atoms with Crippen LogP contribution in [0.5, 0.6) is 0 Å². The van der Waals surface area contributed by atoms with E-state index in [2.05, 4.69) is 48.4 Å². The molecule has 6 heteroatoms. The maximum Gasteiger partial charge on any atom is 0.191 e. The van der Waals surface area contributed by atoms with E-state index in [0.717, 1.165) is 68.6 Å². The number of para-hydroxylation sites is 1. The first kappa shape index (κ1) is 19.7. The fraction of sp³-hybridized carbons (Fsp3) is 0.571. The number of guanidine groups is 1. The Morgan fingerprint density at radius 2 is 2.00 bits per heavy atom. The minimum absolute atomic E-state index is 0.0461. The van der Waals surface area contributed by atoms with Crippen LogP contribution in [0, 0.1) is 5.92 Å². The Hall–Kier alpha value is -2.05. The van der Waals surface area contributed by atoms with Crippen molar-refractivity contribution in [3.05, 3.63) is 36.1 Å². The van der Waals surface area contributed by atoms with Crippen LogP contribution in [0.1, 0.15) is 32.6 Å². The molecule has 1 saturated heterocycles. The molecular weight excluding hydrogens is 340 g/mol. The molecular formula is C21H32N4O2. The maximum atomic E-state index is 5.97. The monoisotopic (exact) mass is 372 g/mol. The second-order valence-corrected chi connectivity index (χ2v) is 7.29. The molecule has 1 aliphatic heterocycles. The fourth-order valence-electron chi connectivity index (χ4n) is 3.34. The van der Waals surface area contributed by atoms with Crippen molar-refractivity contribution >= 4 is 16.9 Å². The van der Waals surface area contributed by atoms with Gasteiger partial charge in [0, 0.05) is 38.1 Å². The van der Waals surface area contributed by atoms with Crippen LogP contribution in [0.3, 0.4) is 0 Å². The van der Waals surface area contributed by atoms with Gasteiger partial charge in [-0.25, -0.2) is 0 Å². The van der Waals surface area contributed by atoms with Crippen molar-refractivity contribution in [3.63, 3.8) is 0 Å². The van der Waals surface area contributed by atoms with Crippen LogP contribution in [0.4, 0.5) is 0 Å². The molecule has 0 saturated carbocycles. The fourth-order valence-corrected chi connectivity index (χ4v) is 3.34. The number of nitrogens with one attached hydrogen (secondary N) is 2. The molecule has 1 aromatic heterocycles. The molecule has 27 heavy (non-hydrogen) atoms. The molecule has 2 unspecified atom stereocenters. The van der Waals surface area contributed by atoms with E-state index >= 15 is 0 Å². The van der Waals surface area contributed by atoms with Crippen molar-refractivity contribution < 1.29 is 9.15 Å². The molecule has 2 atom stereocenters. The van der Waals surface area contributed by atoms with Crippen molar-refractivity contribution in [1.29, 1.82) is 0 Å². The molecule has 0 bridgehead atoms. The third-order valence-electron chi connectivity index (χ3n) is 4.80. The summed E-state index contributed by atoms with van der Waals surface area (Å²) in [5.41, 5.74) is 0.919. The summed E-state index contributed by atoms with van der Waals surface area (Å²) in [5.74, 6) is 2.25. The summed E-state index contributed by atoms with van der Waals surface area (Å²) in [5, 5.41) is 7.93. The number of rotatable bonds is 7. The highest BCUT2D eigenvalue weighted by atomic mass is 16.5. The predicted octanol–water partition coefficient (Wildman–Crippen LogP) is 3.02. The molecule has 0 radical (unpaired) electrons. The highest BCUT2D eigenvalue weighted by molar-refractivity contribution is 5.81. The average Bonchev–Trinajstić information content (AvgIpc) is 3.11. The highest BCUT2D eigenvalue weighted by Gasteiger charge is 2.15. The van der Waals surface area contributed by atoms with Crippen LogP contribution in [-0.4, -0.2) is 56.8 Å². The smallest absolute Gasteiger partial charge is 0.191 e. The topological polar surface area (TPSA) is 62.0 Å². The molecule has 0 aliphatic carbocycles. The van der Waals surface area contributed by atoms with Crippen molar-refractivity contribution in [2.45, 2.75) is 26.8 Å². The quantitative estimate of drug-likeness (QED) is 0.578. The zero-order chi connectivity index (χ0) is 19.1. The van der Waals surface area contributed by atoms with Crippen LogP contribution in [-0.2, 0) is 4.74 Å². The Morgan fingerprint density at radius 3 is 2.74 bits per heavy atom. The van der Waals surface area contributed by atoms with Gasteiger partial charge in [-0.2, -0.15) is 0 Å². The van der Waals surface area contributed by atoms with Gasteiger partial charge in [-0.1, -0.05) is 25.1 Å². The second kappa shape index (κ2) is 9.76. The van der Waals surface area contributed by atoms with Crippen molar-refractivity contribution in [3.8, 4) is 0 Å². The van der Waals surface area contributed by atoms with Crippen LogP contribution in [0.15, 0.2) is 39.7 Å². The summed E-state index contributed by atoms with van der Waals surface area (Å²) in [6.45, 7) is 12.9. The van der Waals surface area contributed by atoms with E-state index in [-0.39, 0.29) is 6.04 Å². The summed E-state index contributed by atoms with van der Waals surface area (Å²) >= 11 is 0. The van der Waals surface area contributed by atoms with Gasteiger partial charge in [-0.05, 0) is 31.9 Å². The highest BCUT2D eigenvalue weighted by Crippen LogP contribution is 2.23. The van der Waals surface area contributed by atoms with Gasteiger partial charge >= 0.3 is 0 Å². The zero-order valence-electron chi connectivity index (χ0n) is 16.7. The Kier molecular flexibility index (Phi) is 7.12. The lowest BCUT2D eigenvalue weighted by Gasteiger charge is -2.28. The molecule has 2 aromatic rings. The van der Waals surface area contributed by atoms with Gasteiger partial charge in [0.15, 0.2) is 5.96 Å². The summed E-state index contributed by atoms with van der Waals surface area (Å²) in [7, 11) is 0. The van der Waals surface area contributed by atoms with Gasteiger partial charge in [0.1, 0.15) is 11.3 Å². The number of hydrogen-bond donors (Lipinski definition) is 2. The van der Waals surface area contributed by atoms with Crippen molar-refractivity contribution in [2.24, 2.45) is 10.9 Å². The lowest BCUT2D eigenvalue weighted by atomic mass is 10.1. The Balaban J connectivity index is 1.57. The van der Waals surface area contributed by atoms with Gasteiger partial charge < -0.3 is 19.8 Å². The van der Waals surface area contributed by atoms with Crippen LogP contribution in [0.25, 0.3) is 11.0 Å². The summed E-state index contributed by atoms with van der Waals surface area (Å²) in [6.07, 6.45) is 0. The Labute approximate surface area is 162 Å². The predicted molar refractivity (Wildman–Crippen MR) is 110 cm³/mol. The maximum absolute atomic E-state index is 5.97. The van der Waals surface area contributed by atoms with Gasteiger partial charge in [0.2, 0.25) is 0 Å². The molecule has 2 N–H and O–H groups in total. The molecule has 0 amide bonds. The molecule has 148 valence electrons. The van der Waals surface area contributed by atoms with E-state index in [1.54, 1.807) is 0 Å². The zero-order valence-corrected chi connectivity index (χ0v) is 16.7. The Bertz CT molecular complexity index is 704. The molecule has 6 nitrogen and oxygen atoms in total. The van der Waals surface area contributed by atoms with Crippen molar-refractivity contribution in [1.82, 2.24) is 15.5 Å². The van der Waals surface area contributed by atoms with Crippen molar-refractivity contribution in [2.75, 3.05) is 45.9 Å². The van der Waals surface area contributed by atoms with Gasteiger partial charge in [-0.15, -0.1) is 0 Å². The first-order valence-electron chi connectivity index (χ1n) is 9.99. The molecule has 1 aromatic carbocycles. The third kappa shape index (κ3) is 5.71. The number of benzene rings is 1. The van der Waals surface area contributed by atoms with E-state index in [1.807, 2.05) is 18.2 Å². The largest absolute Gasteiger partial charge is 0.459 e. The van der Waals surface area contributed by atoms with Crippen LogP contribution < -0.4 is 10.6 Å². The number of morpholine rings is 1. The second-order valence-electron chi connectivity index (χ2n) is 7.29. The van der Waals surface area contributed by atoms with E-state index in [1.165, 1.54) is 0 Å². The average molecular weight is 373 g/mol. The first-order chi connectivity index (χ1) is 13.2. The SMILES string of the molecule is CCNC(=NCC(C)CN1CCOCC1)NC(C)c1cc2ccccc2o1. The minimum Gasteiger partial charge on any atom is -0.459 e. The van der Waals surface area contributed by atoms with Crippen LogP contribution in [0.2, 0.25) is 0 Å². The summed E-state index contributed by atoms with van der Waals surface area (Å²) in [6, 6.07) is 10.2. The van der Waals surface area contributed by atoms with Gasteiger partial charge in [0.25, 0.3) is 0 Å². The number of hydrogen-bond acceptors (Lipinski definition) is 4. The number of fused-ring (bicyclic) bond motifs is 1. The van der Waals surface area contributed by atoms with E-state index < -0.39 is 0 Å². The number of nitrogens with zero attached hydrogens (tertiary/aromatic N) is 2. The summed E-state index contributed by atoms with van der Waals surface area (Å²) < 4.78 is 11.4. The third-order valence-corrected chi connectivity index (χ3v) is 4.80. The number of ether oxygens (including phenoxy) is 1. The number of aliphatic imine (C=N–C) groups is 1. The Morgan fingerprint density at radius 1 is 1.22 bits per heavy atom. The standard InChI is InChI=1S/C21H32N4O2/c1-4-22-21(23-14-16(2)15-25-9-11-26-12-10-25)24-17(3)20-13-18-7-5-6-8-19(18)27-20/h5-8,13,16-17H,4,9-12,14-15H2,1-3H3,(H2,22,23,24). The minimum atomic E-state index is 0.0461. The molecule has 0 spiro atoms.